The molecule has 0 radical (unpaired) electrons. The standard InChI is InChI=1S/C25H32F4N4O3S/c1-2-33-19(4-3-5-21(33)34)22(35)30-17-6-10-24(26,11-7-17)12-15-32-13-8-18-20(9-14-32)37-23(31-18)36-16-25(27,28)29/h3-5,17H,2,6-16H2,1H3,(H,30,35)/t17-,24+. The highest BCUT2D eigenvalue weighted by molar-refractivity contribution is 7.13. The number of aromatic nitrogens is 2. The van der Waals surface area contributed by atoms with Crippen molar-refractivity contribution in [2.24, 2.45) is 0 Å². The van der Waals surface area contributed by atoms with Crippen molar-refractivity contribution >= 4 is 17.2 Å². The molecule has 0 unspecified atom stereocenters. The Bertz CT molecular complexity index is 1120. The molecule has 0 atom stereocenters. The monoisotopic (exact) mass is 544 g/mol. The van der Waals surface area contributed by atoms with E-state index < -0.39 is 18.5 Å². The van der Waals surface area contributed by atoms with Gasteiger partial charge in [-0.2, -0.15) is 13.2 Å². The van der Waals surface area contributed by atoms with Crippen LogP contribution in [0.3, 0.4) is 0 Å². The summed E-state index contributed by atoms with van der Waals surface area (Å²) in [6.07, 6.45) is -0.974. The van der Waals surface area contributed by atoms with Crippen molar-refractivity contribution in [2.75, 3.05) is 26.2 Å². The minimum absolute atomic E-state index is 0.0487. The van der Waals surface area contributed by atoms with E-state index in [9.17, 15) is 22.8 Å². The van der Waals surface area contributed by atoms with Gasteiger partial charge in [-0.15, -0.1) is 0 Å². The van der Waals surface area contributed by atoms with Crippen LogP contribution in [0.15, 0.2) is 23.0 Å². The van der Waals surface area contributed by atoms with Crippen molar-refractivity contribution in [1.29, 1.82) is 0 Å². The zero-order chi connectivity index (χ0) is 26.6. The smallest absolute Gasteiger partial charge is 0.422 e. The Kier molecular flexibility index (Phi) is 8.57. The van der Waals surface area contributed by atoms with E-state index in [-0.39, 0.29) is 22.7 Å². The number of halogens is 4. The fourth-order valence-electron chi connectivity index (χ4n) is 5.01. The molecule has 12 heteroatoms. The summed E-state index contributed by atoms with van der Waals surface area (Å²) in [7, 11) is 0. The van der Waals surface area contributed by atoms with Crippen LogP contribution in [0.4, 0.5) is 17.6 Å². The van der Waals surface area contributed by atoms with Gasteiger partial charge in [0.25, 0.3) is 16.7 Å². The molecule has 0 aromatic carbocycles. The highest BCUT2D eigenvalue weighted by Gasteiger charge is 2.36. The van der Waals surface area contributed by atoms with Gasteiger partial charge < -0.3 is 19.5 Å². The van der Waals surface area contributed by atoms with Crippen LogP contribution in [0.1, 0.15) is 60.1 Å². The molecule has 7 nitrogen and oxygen atoms in total. The average Bonchev–Trinajstić information content (AvgIpc) is 3.15. The van der Waals surface area contributed by atoms with E-state index in [1.54, 1.807) is 19.1 Å². The third-order valence-electron chi connectivity index (χ3n) is 7.13. The topological polar surface area (TPSA) is 76.5 Å². The van der Waals surface area contributed by atoms with Crippen LogP contribution in [0.25, 0.3) is 0 Å². The van der Waals surface area contributed by atoms with Gasteiger partial charge >= 0.3 is 6.18 Å². The van der Waals surface area contributed by atoms with Crippen LogP contribution in [-0.2, 0) is 19.4 Å². The third kappa shape index (κ3) is 7.31. The first-order valence-corrected chi connectivity index (χ1v) is 13.5. The van der Waals surface area contributed by atoms with Crippen molar-refractivity contribution < 1.29 is 27.1 Å². The summed E-state index contributed by atoms with van der Waals surface area (Å²) in [5.74, 6) is -0.312. The van der Waals surface area contributed by atoms with E-state index in [0.29, 0.717) is 76.8 Å². The van der Waals surface area contributed by atoms with Gasteiger partial charge in [0.2, 0.25) is 0 Å². The molecule has 1 amide bonds. The lowest BCUT2D eigenvalue weighted by atomic mass is 9.81. The summed E-state index contributed by atoms with van der Waals surface area (Å²) in [4.78, 5) is 32.0. The number of rotatable bonds is 8. The van der Waals surface area contributed by atoms with Crippen LogP contribution >= 0.6 is 11.3 Å². The molecule has 1 aliphatic carbocycles. The molecule has 204 valence electrons. The number of fused-ring (bicyclic) bond motifs is 1. The zero-order valence-electron chi connectivity index (χ0n) is 20.8. The summed E-state index contributed by atoms with van der Waals surface area (Å²) in [5.41, 5.74) is -0.442. The fraction of sp³-hybridized carbons (Fsp3) is 0.640. The number of ether oxygens (including phenoxy) is 1. The molecule has 3 heterocycles. The number of carbonyl (C=O) groups excluding carboxylic acids is 1. The van der Waals surface area contributed by atoms with Crippen LogP contribution < -0.4 is 15.6 Å². The average molecular weight is 545 g/mol. The zero-order valence-corrected chi connectivity index (χ0v) is 21.6. The first-order chi connectivity index (χ1) is 17.5. The Morgan fingerprint density at radius 1 is 1.24 bits per heavy atom. The second-order valence-electron chi connectivity index (χ2n) is 9.74. The fourth-order valence-corrected chi connectivity index (χ4v) is 5.95. The van der Waals surface area contributed by atoms with E-state index in [4.69, 9.17) is 4.74 Å². The second kappa shape index (κ2) is 11.5. The number of hydrogen-bond donors (Lipinski definition) is 1. The van der Waals surface area contributed by atoms with Gasteiger partial charge in [0.1, 0.15) is 11.4 Å². The van der Waals surface area contributed by atoms with Crippen LogP contribution in [-0.4, -0.2) is 64.5 Å². The normalized spacial score (nSPS) is 22.8. The van der Waals surface area contributed by atoms with Crippen LogP contribution in [0.2, 0.25) is 0 Å². The van der Waals surface area contributed by atoms with Gasteiger partial charge in [-0.3, -0.25) is 9.59 Å². The molecule has 1 N–H and O–H groups in total. The van der Waals surface area contributed by atoms with Gasteiger partial charge in [0.05, 0.1) is 5.69 Å². The van der Waals surface area contributed by atoms with E-state index in [2.05, 4.69) is 15.2 Å². The number of hydrogen-bond acceptors (Lipinski definition) is 6. The first kappa shape index (κ1) is 27.6. The Morgan fingerprint density at radius 2 is 1.97 bits per heavy atom. The third-order valence-corrected chi connectivity index (χ3v) is 8.20. The Morgan fingerprint density at radius 3 is 2.68 bits per heavy atom. The largest absolute Gasteiger partial charge is 0.460 e. The summed E-state index contributed by atoms with van der Waals surface area (Å²) in [6, 6.07) is 4.47. The highest BCUT2D eigenvalue weighted by Crippen LogP contribution is 2.36. The lowest BCUT2D eigenvalue weighted by Crippen LogP contribution is -2.44. The van der Waals surface area contributed by atoms with Gasteiger partial charge in [-0.1, -0.05) is 17.4 Å². The molecule has 2 aromatic rings. The minimum atomic E-state index is -4.39. The van der Waals surface area contributed by atoms with Crippen molar-refractivity contribution in [3.8, 4) is 5.19 Å². The van der Waals surface area contributed by atoms with Crippen LogP contribution in [0, 0.1) is 0 Å². The molecule has 37 heavy (non-hydrogen) atoms. The summed E-state index contributed by atoms with van der Waals surface area (Å²) >= 11 is 1.16. The molecule has 1 fully saturated rings. The predicted molar refractivity (Wildman–Crippen MR) is 132 cm³/mol. The molecule has 2 aliphatic rings. The number of thiazole rings is 1. The summed E-state index contributed by atoms with van der Waals surface area (Å²) in [5, 5.41) is 3.01. The van der Waals surface area contributed by atoms with Gasteiger partial charge in [-0.25, -0.2) is 9.37 Å². The maximum atomic E-state index is 15.6. The van der Waals surface area contributed by atoms with Crippen molar-refractivity contribution in [3.05, 3.63) is 44.8 Å². The number of alkyl halides is 4. The maximum absolute atomic E-state index is 15.6. The van der Waals surface area contributed by atoms with E-state index in [1.807, 2.05) is 0 Å². The second-order valence-corrected chi connectivity index (χ2v) is 10.8. The SMILES string of the molecule is CCn1c(C(=O)N[C@H]2CC[C@](F)(CCN3CCc4nc(OCC(F)(F)F)sc4CC3)CC2)cccc1=O. The minimum Gasteiger partial charge on any atom is -0.460 e. The lowest BCUT2D eigenvalue weighted by Gasteiger charge is -2.35. The maximum Gasteiger partial charge on any atom is 0.422 e. The number of pyridine rings is 1. The Hall–Kier alpha value is -2.47. The number of carbonyl (C=O) groups is 1. The lowest BCUT2D eigenvalue weighted by molar-refractivity contribution is -0.153. The first-order valence-electron chi connectivity index (χ1n) is 12.7. The van der Waals surface area contributed by atoms with Gasteiger partial charge in [0.15, 0.2) is 6.61 Å². The molecule has 0 spiro atoms. The highest BCUT2D eigenvalue weighted by atomic mass is 32.1. The number of nitrogens with one attached hydrogen (secondary N) is 1. The Balaban J connectivity index is 1.22. The number of nitrogens with zero attached hydrogens (tertiary/aromatic N) is 3. The van der Waals surface area contributed by atoms with E-state index in [1.165, 1.54) is 10.6 Å². The quantitative estimate of drug-likeness (QED) is 0.506. The molecular weight excluding hydrogens is 512 g/mol. The summed E-state index contributed by atoms with van der Waals surface area (Å²) in [6.45, 7) is 2.81. The van der Waals surface area contributed by atoms with E-state index in [0.717, 1.165) is 21.9 Å². The molecular formula is C25H32F4N4O3S. The molecule has 4 rings (SSSR count). The van der Waals surface area contributed by atoms with Crippen molar-refractivity contribution in [1.82, 2.24) is 19.8 Å². The van der Waals surface area contributed by atoms with Crippen molar-refractivity contribution in [3.63, 3.8) is 0 Å². The summed E-state index contributed by atoms with van der Waals surface area (Å²) < 4.78 is 58.9. The predicted octanol–water partition coefficient (Wildman–Crippen LogP) is 4.14. The van der Waals surface area contributed by atoms with Gasteiger partial charge in [0, 0.05) is 49.6 Å². The van der Waals surface area contributed by atoms with E-state index >= 15 is 4.39 Å². The number of amides is 1. The molecule has 1 saturated carbocycles. The molecule has 0 saturated heterocycles. The molecule has 0 bridgehead atoms. The molecule has 2 aromatic heterocycles. The van der Waals surface area contributed by atoms with Crippen molar-refractivity contribution in [2.45, 2.75) is 76.3 Å². The Labute approximate surface area is 216 Å². The van der Waals surface area contributed by atoms with Crippen LogP contribution in [0.5, 0.6) is 5.19 Å². The molecule has 1 aliphatic heterocycles. The van der Waals surface area contributed by atoms with Gasteiger partial charge in [-0.05, 0) is 51.5 Å².